The van der Waals surface area contributed by atoms with Crippen LogP contribution in [0.3, 0.4) is 0 Å². The first kappa shape index (κ1) is 18.4. The van der Waals surface area contributed by atoms with Gasteiger partial charge in [-0.25, -0.2) is 4.98 Å². The number of ether oxygens (including phenoxy) is 2. The second-order valence-electron chi connectivity index (χ2n) is 7.08. The summed E-state index contributed by atoms with van der Waals surface area (Å²) in [6, 6.07) is 8.17. The van der Waals surface area contributed by atoms with Crippen molar-refractivity contribution in [2.24, 2.45) is 7.05 Å². The number of aromatic nitrogens is 2. The minimum absolute atomic E-state index is 0.732. The fourth-order valence-corrected chi connectivity index (χ4v) is 3.66. The molecule has 6 nitrogen and oxygen atoms in total. The first-order valence-electron chi connectivity index (χ1n) is 9.46. The molecule has 0 amide bonds. The van der Waals surface area contributed by atoms with Crippen LogP contribution in [0, 0.1) is 6.92 Å². The lowest BCUT2D eigenvalue weighted by Gasteiger charge is -2.31. The van der Waals surface area contributed by atoms with Gasteiger partial charge in [0.15, 0.2) is 0 Å². The summed E-state index contributed by atoms with van der Waals surface area (Å²) in [6.07, 6.45) is 3.96. The minimum atomic E-state index is 0.732. The average Bonchev–Trinajstić information content (AvgIpc) is 3.12. The molecule has 1 saturated heterocycles. The summed E-state index contributed by atoms with van der Waals surface area (Å²) in [7, 11) is 3.73. The van der Waals surface area contributed by atoms with Crippen LogP contribution >= 0.6 is 0 Å². The van der Waals surface area contributed by atoms with Crippen LogP contribution in [0.15, 0.2) is 43.2 Å². The molecule has 0 aliphatic carbocycles. The molecule has 1 fully saturated rings. The Morgan fingerprint density at radius 1 is 1.25 bits per heavy atom. The molecule has 1 aliphatic heterocycles. The van der Waals surface area contributed by atoms with Gasteiger partial charge in [0.1, 0.15) is 11.6 Å². The van der Waals surface area contributed by atoms with Crippen molar-refractivity contribution in [2.45, 2.75) is 6.92 Å². The van der Waals surface area contributed by atoms with Crippen LogP contribution in [-0.2, 0) is 11.8 Å². The number of anilines is 2. The number of nitrogens with one attached hydrogen (secondary N) is 1. The van der Waals surface area contributed by atoms with Crippen LogP contribution in [0.5, 0.6) is 5.75 Å². The van der Waals surface area contributed by atoms with E-state index in [9.17, 15) is 0 Å². The minimum Gasteiger partial charge on any atom is -0.495 e. The van der Waals surface area contributed by atoms with Gasteiger partial charge in [0.25, 0.3) is 0 Å². The quantitative estimate of drug-likeness (QED) is 0.729. The van der Waals surface area contributed by atoms with Crippen molar-refractivity contribution in [1.82, 2.24) is 14.5 Å². The van der Waals surface area contributed by atoms with Crippen LogP contribution in [0.25, 0.3) is 16.6 Å². The Morgan fingerprint density at radius 3 is 2.79 bits per heavy atom. The Labute approximate surface area is 165 Å². The molecular formula is C22H26N4O2. The lowest BCUT2D eigenvalue weighted by atomic mass is 10.1. The van der Waals surface area contributed by atoms with Gasteiger partial charge in [0.2, 0.25) is 0 Å². The molecule has 0 atom stereocenters. The third-order valence-electron chi connectivity index (χ3n) is 5.22. The Bertz CT molecular complexity index is 1020. The molecule has 0 spiro atoms. The number of hydrogen-bond acceptors (Lipinski definition) is 5. The van der Waals surface area contributed by atoms with Crippen molar-refractivity contribution in [2.75, 3.05) is 38.7 Å². The number of morpholine rings is 1. The number of aryl methyl sites for hydroxylation is 2. The van der Waals surface area contributed by atoms with Crippen LogP contribution in [-0.4, -0.2) is 47.9 Å². The maximum Gasteiger partial charge on any atom is 0.142 e. The second kappa shape index (κ2) is 7.56. The molecule has 2 aromatic heterocycles. The fraction of sp³-hybridized carbons (Fsp3) is 0.318. The number of rotatable bonds is 5. The molecule has 1 N–H and O–H groups in total. The highest BCUT2D eigenvalue weighted by Gasteiger charge is 2.19. The van der Waals surface area contributed by atoms with Crippen molar-refractivity contribution in [3.8, 4) is 5.75 Å². The van der Waals surface area contributed by atoms with E-state index in [0.717, 1.165) is 71.3 Å². The zero-order chi connectivity index (χ0) is 19.7. The van der Waals surface area contributed by atoms with Gasteiger partial charge >= 0.3 is 0 Å². The Balaban J connectivity index is 1.73. The summed E-state index contributed by atoms with van der Waals surface area (Å²) < 4.78 is 13.1. The number of pyridine rings is 1. The summed E-state index contributed by atoms with van der Waals surface area (Å²) in [5.41, 5.74) is 5.19. The fourth-order valence-electron chi connectivity index (χ4n) is 3.66. The van der Waals surface area contributed by atoms with Gasteiger partial charge in [-0.1, -0.05) is 12.6 Å². The van der Waals surface area contributed by atoms with E-state index in [1.165, 1.54) is 0 Å². The molecule has 1 aliphatic rings. The molecule has 4 rings (SSSR count). The Hall–Kier alpha value is -2.99. The molecule has 0 bridgehead atoms. The van der Waals surface area contributed by atoms with E-state index in [4.69, 9.17) is 14.5 Å². The number of fused-ring (bicyclic) bond motifs is 1. The van der Waals surface area contributed by atoms with Crippen LogP contribution < -0.4 is 10.1 Å². The third kappa shape index (κ3) is 3.31. The van der Waals surface area contributed by atoms with Gasteiger partial charge in [0.05, 0.1) is 31.5 Å². The Kier molecular flexibility index (Phi) is 4.96. The molecule has 0 saturated carbocycles. The van der Waals surface area contributed by atoms with E-state index < -0.39 is 0 Å². The van der Waals surface area contributed by atoms with Gasteiger partial charge in [-0.05, 0) is 30.7 Å². The maximum absolute atomic E-state index is 5.53. The first-order valence-corrected chi connectivity index (χ1v) is 9.46. The van der Waals surface area contributed by atoms with Gasteiger partial charge in [-0.2, -0.15) is 0 Å². The van der Waals surface area contributed by atoms with Gasteiger partial charge < -0.3 is 24.3 Å². The molecule has 1 aromatic carbocycles. The Morgan fingerprint density at radius 2 is 2.04 bits per heavy atom. The molecular weight excluding hydrogens is 352 g/mol. The highest BCUT2D eigenvalue weighted by atomic mass is 16.5. The first-order chi connectivity index (χ1) is 13.6. The molecule has 0 unspecified atom stereocenters. The zero-order valence-electron chi connectivity index (χ0n) is 16.7. The van der Waals surface area contributed by atoms with Crippen molar-refractivity contribution in [3.05, 3.63) is 54.4 Å². The highest BCUT2D eigenvalue weighted by Crippen LogP contribution is 2.34. The highest BCUT2D eigenvalue weighted by molar-refractivity contribution is 5.98. The normalized spacial score (nSPS) is 14.3. The predicted molar refractivity (Wildman–Crippen MR) is 113 cm³/mol. The molecule has 0 radical (unpaired) electrons. The van der Waals surface area contributed by atoms with E-state index in [1.54, 1.807) is 7.11 Å². The molecule has 3 heterocycles. The van der Waals surface area contributed by atoms with E-state index in [-0.39, 0.29) is 0 Å². The van der Waals surface area contributed by atoms with Gasteiger partial charge in [-0.15, -0.1) is 0 Å². The van der Waals surface area contributed by atoms with E-state index in [2.05, 4.69) is 46.7 Å². The van der Waals surface area contributed by atoms with Crippen LogP contribution in [0.1, 0.15) is 11.1 Å². The summed E-state index contributed by atoms with van der Waals surface area (Å²) >= 11 is 0. The molecule has 28 heavy (non-hydrogen) atoms. The van der Waals surface area contributed by atoms with Crippen molar-refractivity contribution in [1.29, 1.82) is 0 Å². The standard InChI is InChI=1S/C22H26N4O2/c1-15-5-6-19(20(13-15)27-4)24-22-17-7-8-25(3)21(17)18(14-23-22)16(2)26-9-11-28-12-10-26/h5-8,13-14H,2,9-12H2,1,3-4H3,(H,23,24). The number of hydrogen-bond donors (Lipinski definition) is 1. The van der Waals surface area contributed by atoms with Crippen LogP contribution in [0.4, 0.5) is 11.5 Å². The topological polar surface area (TPSA) is 51.6 Å². The van der Waals surface area contributed by atoms with Crippen molar-refractivity contribution >= 4 is 28.1 Å². The molecule has 6 heteroatoms. The van der Waals surface area contributed by atoms with E-state index in [0.29, 0.717) is 0 Å². The number of methoxy groups -OCH3 is 1. The SMILES string of the molecule is C=C(c1cnc(Nc2ccc(C)cc2OC)c2ccn(C)c12)N1CCOCC1. The van der Waals surface area contributed by atoms with Gasteiger partial charge in [0, 0.05) is 49.2 Å². The van der Waals surface area contributed by atoms with Crippen molar-refractivity contribution in [3.63, 3.8) is 0 Å². The predicted octanol–water partition coefficient (Wildman–Crippen LogP) is 3.94. The summed E-state index contributed by atoms with van der Waals surface area (Å²) in [4.78, 5) is 7.00. The maximum atomic E-state index is 5.53. The smallest absolute Gasteiger partial charge is 0.142 e. The van der Waals surface area contributed by atoms with E-state index >= 15 is 0 Å². The van der Waals surface area contributed by atoms with E-state index in [1.807, 2.05) is 25.3 Å². The largest absolute Gasteiger partial charge is 0.495 e. The monoisotopic (exact) mass is 378 g/mol. The third-order valence-corrected chi connectivity index (χ3v) is 5.22. The van der Waals surface area contributed by atoms with Crippen LogP contribution in [0.2, 0.25) is 0 Å². The summed E-state index contributed by atoms with van der Waals surface area (Å²) in [5, 5.41) is 4.49. The second-order valence-corrected chi connectivity index (χ2v) is 7.08. The number of nitrogens with zero attached hydrogens (tertiary/aromatic N) is 3. The zero-order valence-corrected chi connectivity index (χ0v) is 16.7. The lowest BCUT2D eigenvalue weighted by Crippen LogP contribution is -2.34. The van der Waals surface area contributed by atoms with Gasteiger partial charge in [-0.3, -0.25) is 0 Å². The summed E-state index contributed by atoms with van der Waals surface area (Å²) in [5.74, 6) is 1.60. The molecule has 146 valence electrons. The lowest BCUT2D eigenvalue weighted by molar-refractivity contribution is 0.0641. The average molecular weight is 378 g/mol. The van der Waals surface area contributed by atoms with Crippen molar-refractivity contribution < 1.29 is 9.47 Å². The molecule has 3 aromatic rings. The number of benzene rings is 1. The summed E-state index contributed by atoms with van der Waals surface area (Å²) in [6.45, 7) is 9.56.